The summed E-state index contributed by atoms with van der Waals surface area (Å²) >= 11 is 6.59. The molecule has 0 amide bonds. The highest BCUT2D eigenvalue weighted by molar-refractivity contribution is 6.30. The summed E-state index contributed by atoms with van der Waals surface area (Å²) in [5.74, 6) is -1.26. The number of carboxylic acids is 1. The van der Waals surface area contributed by atoms with Crippen molar-refractivity contribution in [3.8, 4) is 0 Å². The highest BCUT2D eigenvalue weighted by Crippen LogP contribution is 2.56. The Morgan fingerprint density at radius 3 is 1.85 bits per heavy atom. The van der Waals surface area contributed by atoms with Gasteiger partial charge in [-0.25, -0.2) is 0 Å². The third-order valence-corrected chi connectivity index (χ3v) is 7.17. The van der Waals surface area contributed by atoms with Crippen LogP contribution in [0.25, 0.3) is 0 Å². The molecular weight excluding hydrogens is 434 g/mol. The Kier molecular flexibility index (Phi) is 7.49. The fourth-order valence-electron chi connectivity index (χ4n) is 4.76. The fourth-order valence-corrected chi connectivity index (χ4v) is 5.15. The maximum Gasteiger partial charge on any atom is 0.0918 e. The summed E-state index contributed by atoms with van der Waals surface area (Å²) in [6.45, 7) is 3.67. The second-order valence-corrected chi connectivity index (χ2v) is 9.25. The van der Waals surface area contributed by atoms with E-state index in [2.05, 4.69) is 29.2 Å². The van der Waals surface area contributed by atoms with Crippen molar-refractivity contribution >= 4 is 17.6 Å². The second-order valence-electron chi connectivity index (χ2n) is 8.81. The first-order valence-electron chi connectivity index (χ1n) is 11.3. The Bertz CT molecular complexity index is 989. The van der Waals surface area contributed by atoms with E-state index in [9.17, 15) is 9.90 Å². The zero-order chi connectivity index (χ0) is 23.3. The van der Waals surface area contributed by atoms with E-state index in [1.54, 1.807) is 0 Å². The molecule has 172 valence electrons. The van der Waals surface area contributed by atoms with Gasteiger partial charge in [-0.2, -0.15) is 0 Å². The molecule has 0 bridgehead atoms. The minimum atomic E-state index is -1.24. The number of ether oxygens (including phenoxy) is 1. The first-order valence-corrected chi connectivity index (χ1v) is 11.8. The van der Waals surface area contributed by atoms with Crippen molar-refractivity contribution in [2.75, 3.05) is 0 Å². The Morgan fingerprint density at radius 1 is 0.939 bits per heavy atom. The Morgan fingerprint density at radius 2 is 1.39 bits per heavy atom. The van der Waals surface area contributed by atoms with E-state index in [1.165, 1.54) is 0 Å². The van der Waals surface area contributed by atoms with Crippen LogP contribution in [-0.4, -0.2) is 27.9 Å². The van der Waals surface area contributed by atoms with Crippen LogP contribution < -0.4 is 5.11 Å². The average molecular weight is 463 g/mol. The Hall–Kier alpha value is -2.66. The normalized spacial score (nSPS) is 21.5. The minimum Gasteiger partial charge on any atom is -0.548 e. The molecule has 0 aromatic heterocycles. The van der Waals surface area contributed by atoms with Gasteiger partial charge < -0.3 is 14.6 Å². The minimum absolute atomic E-state index is 0.0194. The molecule has 3 aromatic rings. The lowest BCUT2D eigenvalue weighted by Gasteiger charge is -2.38. The second kappa shape index (κ2) is 10.5. The van der Waals surface area contributed by atoms with Gasteiger partial charge in [-0.15, -0.1) is 11.6 Å². The van der Waals surface area contributed by atoms with Gasteiger partial charge in [0, 0.05) is 24.5 Å². The number of hydrogen-bond donors (Lipinski definition) is 0. The van der Waals surface area contributed by atoms with Crippen LogP contribution in [0.2, 0.25) is 0 Å². The molecular formula is C28H29ClNO3-. The molecule has 0 N–H and O–H groups in total. The van der Waals surface area contributed by atoms with Gasteiger partial charge in [0.15, 0.2) is 0 Å². The highest BCUT2D eigenvalue weighted by Gasteiger charge is 2.64. The number of carboxylic acid groups (broad SMARTS) is 1. The number of rotatable bonds is 11. The van der Waals surface area contributed by atoms with Crippen LogP contribution in [0.1, 0.15) is 30.0 Å². The fraction of sp³-hybridized carbons (Fsp3) is 0.321. The SMILES string of the molecule is CC(OCc1ccccc1)C1CC1(C(Cl)C(=O)[O-])N(Cc1ccccc1)Cc1ccccc1. The van der Waals surface area contributed by atoms with Crippen molar-refractivity contribution in [2.24, 2.45) is 5.92 Å². The summed E-state index contributed by atoms with van der Waals surface area (Å²) in [7, 11) is 0. The summed E-state index contributed by atoms with van der Waals surface area (Å²) < 4.78 is 6.19. The van der Waals surface area contributed by atoms with Crippen molar-refractivity contribution in [1.29, 1.82) is 0 Å². The molecule has 1 fully saturated rings. The van der Waals surface area contributed by atoms with Crippen LogP contribution in [0.3, 0.4) is 0 Å². The van der Waals surface area contributed by atoms with Crippen LogP contribution in [0.4, 0.5) is 0 Å². The molecule has 1 aliphatic rings. The highest BCUT2D eigenvalue weighted by atomic mass is 35.5. The van der Waals surface area contributed by atoms with E-state index in [0.29, 0.717) is 26.1 Å². The summed E-state index contributed by atoms with van der Waals surface area (Å²) in [5.41, 5.74) is 2.56. The molecule has 1 aliphatic carbocycles. The predicted molar refractivity (Wildman–Crippen MR) is 128 cm³/mol. The summed E-state index contributed by atoms with van der Waals surface area (Å²) in [5, 5.41) is 10.9. The van der Waals surface area contributed by atoms with Crippen LogP contribution in [0, 0.1) is 5.92 Å². The van der Waals surface area contributed by atoms with Crippen LogP contribution in [-0.2, 0) is 29.2 Å². The first kappa shape index (κ1) is 23.5. The van der Waals surface area contributed by atoms with Gasteiger partial charge >= 0.3 is 0 Å². The van der Waals surface area contributed by atoms with E-state index in [4.69, 9.17) is 16.3 Å². The molecule has 3 aromatic carbocycles. The predicted octanol–water partition coefficient (Wildman–Crippen LogP) is 4.41. The van der Waals surface area contributed by atoms with Gasteiger partial charge in [0.2, 0.25) is 0 Å². The van der Waals surface area contributed by atoms with Crippen molar-refractivity contribution in [3.05, 3.63) is 108 Å². The zero-order valence-electron chi connectivity index (χ0n) is 18.8. The summed E-state index contributed by atoms with van der Waals surface area (Å²) in [6, 6.07) is 30.2. The standard InChI is InChI=1S/C28H30ClNO3/c1-21(33-20-24-15-9-4-10-16-24)25-17-28(25,26(29)27(31)32)30(18-22-11-5-2-6-12-22)19-23-13-7-3-8-14-23/h2-16,21,25-26H,17-20H2,1H3,(H,31,32)/p-1. The van der Waals surface area contributed by atoms with Crippen LogP contribution in [0.15, 0.2) is 91.0 Å². The van der Waals surface area contributed by atoms with Crippen molar-refractivity contribution < 1.29 is 14.6 Å². The van der Waals surface area contributed by atoms with E-state index in [-0.39, 0.29) is 12.0 Å². The molecule has 0 saturated heterocycles. The Balaban J connectivity index is 1.60. The number of aliphatic carboxylic acids is 1. The molecule has 5 heteroatoms. The molecule has 4 rings (SSSR count). The summed E-state index contributed by atoms with van der Waals surface area (Å²) in [4.78, 5) is 14.2. The van der Waals surface area contributed by atoms with E-state index in [0.717, 1.165) is 16.7 Å². The van der Waals surface area contributed by atoms with Crippen molar-refractivity contribution in [3.63, 3.8) is 0 Å². The Labute approximate surface area is 200 Å². The largest absolute Gasteiger partial charge is 0.548 e. The molecule has 0 heterocycles. The lowest BCUT2D eigenvalue weighted by Crippen LogP contribution is -2.52. The topological polar surface area (TPSA) is 52.6 Å². The van der Waals surface area contributed by atoms with Crippen molar-refractivity contribution in [1.82, 2.24) is 4.90 Å². The van der Waals surface area contributed by atoms with Crippen LogP contribution >= 0.6 is 11.6 Å². The van der Waals surface area contributed by atoms with Crippen molar-refractivity contribution in [2.45, 2.75) is 50.1 Å². The summed E-state index contributed by atoms with van der Waals surface area (Å²) in [6.07, 6.45) is 0.491. The van der Waals surface area contributed by atoms with Gasteiger partial charge in [0.05, 0.1) is 24.1 Å². The third kappa shape index (κ3) is 5.47. The lowest BCUT2D eigenvalue weighted by atomic mass is 10.0. The van der Waals surface area contributed by atoms with Gasteiger partial charge in [-0.05, 0) is 30.0 Å². The molecule has 0 radical (unpaired) electrons. The molecule has 4 unspecified atom stereocenters. The van der Waals surface area contributed by atoms with Crippen LogP contribution in [0.5, 0.6) is 0 Å². The van der Waals surface area contributed by atoms with Gasteiger partial charge in [-0.3, -0.25) is 4.90 Å². The monoisotopic (exact) mass is 462 g/mol. The molecule has 0 spiro atoms. The molecule has 4 nitrogen and oxygen atoms in total. The number of benzene rings is 3. The number of halogens is 1. The van der Waals surface area contributed by atoms with E-state index >= 15 is 0 Å². The maximum atomic E-state index is 12.0. The average Bonchev–Trinajstić information content (AvgIpc) is 3.60. The molecule has 33 heavy (non-hydrogen) atoms. The zero-order valence-corrected chi connectivity index (χ0v) is 19.5. The van der Waals surface area contributed by atoms with Gasteiger partial charge in [0.25, 0.3) is 0 Å². The van der Waals surface area contributed by atoms with Gasteiger partial charge in [-0.1, -0.05) is 91.0 Å². The quantitative estimate of drug-likeness (QED) is 0.396. The van der Waals surface area contributed by atoms with Gasteiger partial charge in [0.1, 0.15) is 0 Å². The first-order chi connectivity index (χ1) is 16.0. The third-order valence-electron chi connectivity index (χ3n) is 6.62. The number of hydrogen-bond acceptors (Lipinski definition) is 4. The molecule has 0 aliphatic heterocycles. The smallest absolute Gasteiger partial charge is 0.0918 e. The molecule has 1 saturated carbocycles. The number of nitrogens with zero attached hydrogens (tertiary/aromatic N) is 1. The number of carbonyl (C=O) groups excluding carboxylic acids is 1. The van der Waals surface area contributed by atoms with E-state index < -0.39 is 16.9 Å². The molecule has 4 atom stereocenters. The van der Waals surface area contributed by atoms with E-state index in [1.807, 2.05) is 73.7 Å². The number of carbonyl (C=O) groups is 1. The maximum absolute atomic E-state index is 12.0. The lowest BCUT2D eigenvalue weighted by molar-refractivity contribution is -0.306. The number of alkyl halides is 1.